The molecule has 1 aliphatic heterocycles. The topological polar surface area (TPSA) is 326 Å². The van der Waals surface area contributed by atoms with Crippen molar-refractivity contribution in [2.24, 2.45) is 0 Å². The zero-order valence-electron chi connectivity index (χ0n) is 34.8. The maximum Gasteiger partial charge on any atom is 0.164 e. The normalized spacial score (nSPS) is 19.1. The highest BCUT2D eigenvalue weighted by molar-refractivity contribution is 4.83. The van der Waals surface area contributed by atoms with Gasteiger partial charge in [0.15, 0.2) is 11.6 Å². The predicted molar refractivity (Wildman–Crippen MR) is 202 cm³/mol. The maximum absolute atomic E-state index is 9.98. The largest absolute Gasteiger partial charge is 0.400 e. The van der Waals surface area contributed by atoms with Crippen molar-refractivity contribution in [3.8, 4) is 0 Å². The zero-order chi connectivity index (χ0) is 43.9. The van der Waals surface area contributed by atoms with Crippen molar-refractivity contribution < 1.29 is 94.4 Å². The first-order valence-electron chi connectivity index (χ1n) is 18.4. The van der Waals surface area contributed by atoms with Gasteiger partial charge in [0.2, 0.25) is 0 Å². The van der Waals surface area contributed by atoms with Crippen LogP contribution < -0.4 is 5.32 Å². The minimum atomic E-state index is -1.67. The lowest BCUT2D eigenvalue weighted by atomic mass is 10.0. The van der Waals surface area contributed by atoms with E-state index in [2.05, 4.69) is 5.32 Å². The first-order chi connectivity index (χ1) is 26.3. The summed E-state index contributed by atoms with van der Waals surface area (Å²) in [6.45, 7) is 5.42. The van der Waals surface area contributed by atoms with Crippen LogP contribution in [0, 0.1) is 0 Å². The second-order valence-corrected chi connectivity index (χ2v) is 13.4. The Morgan fingerprint density at radius 3 is 1.43 bits per heavy atom. The fraction of sp³-hybridized carbons (Fsp3) is 1.00. The third-order valence-electron chi connectivity index (χ3n) is 8.67. The van der Waals surface area contributed by atoms with Crippen molar-refractivity contribution in [3.63, 3.8) is 0 Å². The van der Waals surface area contributed by atoms with Crippen LogP contribution in [0.25, 0.3) is 0 Å². The number of nitrogens with zero attached hydrogens (tertiary/aromatic N) is 1. The maximum atomic E-state index is 9.98. The second-order valence-electron chi connectivity index (χ2n) is 13.4. The Bertz CT molecular complexity index is 860. The van der Waals surface area contributed by atoms with E-state index in [0.717, 1.165) is 39.8 Å². The molecule has 10 atom stereocenters. The molecule has 0 amide bonds. The quantitative estimate of drug-likeness (QED) is 0.0183. The van der Waals surface area contributed by atoms with Crippen molar-refractivity contribution in [3.05, 3.63) is 0 Å². The van der Waals surface area contributed by atoms with E-state index in [1.165, 1.54) is 0 Å². The van der Waals surface area contributed by atoms with Crippen molar-refractivity contribution in [1.82, 2.24) is 10.2 Å². The van der Waals surface area contributed by atoms with Gasteiger partial charge in [0, 0.05) is 81.2 Å². The highest BCUT2D eigenvalue weighted by atomic mass is 16.7. The van der Waals surface area contributed by atoms with E-state index >= 15 is 0 Å². The zero-order valence-corrected chi connectivity index (χ0v) is 34.8. The van der Waals surface area contributed by atoms with Crippen LogP contribution in [0.2, 0.25) is 0 Å². The van der Waals surface area contributed by atoms with Crippen LogP contribution in [0.4, 0.5) is 0 Å². The fourth-order valence-electron chi connectivity index (χ4n) is 4.53. The number of hydrogen-bond donors (Lipinski definition) is 13. The summed E-state index contributed by atoms with van der Waals surface area (Å²) in [4.78, 5) is 1.56. The number of rotatable bonds is 30. The SMILES string of the molecule is CNCC(O)C(O)C(O)C(O)CO.CO.COC(C)(CCCOCC(O)CN(C)CC(O)C(O)C(O)C(O)CO)OC.COC(C)(CCCOCC1CO1)OC. The molecule has 1 fully saturated rings. The van der Waals surface area contributed by atoms with E-state index < -0.39 is 79.7 Å². The Kier molecular flexibility index (Phi) is 37.1. The lowest BCUT2D eigenvalue weighted by molar-refractivity contribution is -0.199. The molecule has 13 N–H and O–H groups in total. The molecule has 0 spiro atoms. The molecule has 0 aromatic heterocycles. The molecule has 56 heavy (non-hydrogen) atoms. The van der Waals surface area contributed by atoms with Crippen molar-refractivity contribution in [2.75, 3.05) is 116 Å². The first-order valence-corrected chi connectivity index (χ1v) is 18.4. The van der Waals surface area contributed by atoms with Crippen LogP contribution in [-0.4, -0.2) is 254 Å². The van der Waals surface area contributed by atoms with Crippen LogP contribution in [0.3, 0.4) is 0 Å². The molecule has 1 rings (SSSR count). The number of likely N-dealkylation sites (N-methyl/N-ethyl adjacent to an activating group) is 2. The number of ether oxygens (including phenoxy) is 7. The summed E-state index contributed by atoms with van der Waals surface area (Å²) in [5, 5.41) is 112. The molecule has 1 heterocycles. The minimum absolute atomic E-state index is 0.0481. The molecule has 0 aromatic carbocycles. The van der Waals surface area contributed by atoms with Gasteiger partial charge in [0.25, 0.3) is 0 Å². The van der Waals surface area contributed by atoms with E-state index in [9.17, 15) is 30.6 Å². The number of nitrogens with one attached hydrogen (secondary N) is 1. The minimum Gasteiger partial charge on any atom is -0.400 e. The fourth-order valence-corrected chi connectivity index (χ4v) is 4.53. The predicted octanol–water partition coefficient (Wildman–Crippen LogP) is -5.04. The second kappa shape index (κ2) is 35.0. The van der Waals surface area contributed by atoms with Gasteiger partial charge >= 0.3 is 0 Å². The van der Waals surface area contributed by atoms with Crippen molar-refractivity contribution in [1.29, 1.82) is 0 Å². The van der Waals surface area contributed by atoms with E-state index in [-0.39, 0.29) is 26.2 Å². The average molecular weight is 831 g/mol. The highest BCUT2D eigenvalue weighted by Gasteiger charge is 2.31. The molecule has 0 saturated carbocycles. The van der Waals surface area contributed by atoms with Crippen LogP contribution >= 0.6 is 0 Å². The van der Waals surface area contributed by atoms with Gasteiger partial charge in [-0.2, -0.15) is 0 Å². The molecule has 1 saturated heterocycles. The number of methoxy groups -OCH3 is 4. The Labute approximate surface area is 332 Å². The van der Waals surface area contributed by atoms with E-state index in [0.29, 0.717) is 25.6 Å². The third kappa shape index (κ3) is 28.6. The van der Waals surface area contributed by atoms with Gasteiger partial charge in [-0.15, -0.1) is 0 Å². The molecule has 21 heteroatoms. The molecule has 0 aromatic rings. The first kappa shape index (κ1) is 59.5. The van der Waals surface area contributed by atoms with Crippen molar-refractivity contribution >= 4 is 0 Å². The summed E-state index contributed by atoms with van der Waals surface area (Å²) in [5.41, 5.74) is 0. The van der Waals surface area contributed by atoms with Gasteiger partial charge in [-0.25, -0.2) is 0 Å². The van der Waals surface area contributed by atoms with E-state index in [4.69, 9.17) is 63.8 Å². The van der Waals surface area contributed by atoms with Gasteiger partial charge in [-0.05, 0) is 40.8 Å². The molecular formula is C35H78N2O19. The Morgan fingerprint density at radius 2 is 1.05 bits per heavy atom. The lowest BCUT2D eigenvalue weighted by Crippen LogP contribution is -2.50. The Balaban J connectivity index is -0.000000810. The molecular weight excluding hydrogens is 752 g/mol. The summed E-state index contributed by atoms with van der Waals surface area (Å²) in [7, 11) is 10.6. The van der Waals surface area contributed by atoms with Crippen LogP contribution in [0.15, 0.2) is 0 Å². The van der Waals surface area contributed by atoms with Gasteiger partial charge in [0.05, 0.1) is 51.3 Å². The van der Waals surface area contributed by atoms with Crippen LogP contribution in [0.1, 0.15) is 39.5 Å². The smallest absolute Gasteiger partial charge is 0.164 e. The average Bonchev–Trinajstić information content (AvgIpc) is 4.04. The van der Waals surface area contributed by atoms with Crippen LogP contribution in [0.5, 0.6) is 0 Å². The summed E-state index contributed by atoms with van der Waals surface area (Å²) < 4.78 is 36.8. The summed E-state index contributed by atoms with van der Waals surface area (Å²) in [6, 6.07) is 0. The van der Waals surface area contributed by atoms with Gasteiger partial charge in [-0.1, -0.05) is 0 Å². The van der Waals surface area contributed by atoms with E-state index in [1.807, 2.05) is 13.8 Å². The van der Waals surface area contributed by atoms with Gasteiger partial charge < -0.3 is 105 Å². The van der Waals surface area contributed by atoms with Crippen LogP contribution in [-0.2, 0) is 33.2 Å². The molecule has 0 bridgehead atoms. The molecule has 0 aliphatic carbocycles. The Morgan fingerprint density at radius 1 is 0.661 bits per heavy atom. The number of aliphatic hydroxyl groups excluding tert-OH is 12. The molecule has 21 nitrogen and oxygen atoms in total. The molecule has 0 radical (unpaired) electrons. The Hall–Kier alpha value is -0.840. The molecule has 342 valence electrons. The van der Waals surface area contributed by atoms with E-state index in [1.54, 1.807) is 47.4 Å². The monoisotopic (exact) mass is 831 g/mol. The number of hydrogen-bond acceptors (Lipinski definition) is 21. The standard InChI is InChI=1S/C17H37NO9.C10H20O4.C7H17NO5.CH4O/c1-17(25-3,26-4)6-5-7-27-11-12(20)8-18(2)9-13(21)15(23)16(24)14(22)10-19;1-10(11-2,12-3)5-4-6-13-7-9-8-14-9;1-8-2-4(10)6(12)7(13)5(11)3-9;1-2/h12-16,19-24H,5-11H2,1-4H3;9H,4-8H2,1-3H3;4-13H,2-3H2,1H3;2H,1H3. The van der Waals surface area contributed by atoms with Gasteiger partial charge in [0.1, 0.15) is 42.7 Å². The van der Waals surface area contributed by atoms with Gasteiger partial charge in [-0.3, -0.25) is 0 Å². The molecule has 1 aliphatic rings. The molecule has 10 unspecified atom stereocenters. The third-order valence-corrected chi connectivity index (χ3v) is 8.67. The summed E-state index contributed by atoms with van der Waals surface area (Å²) in [5.74, 6) is -1.13. The summed E-state index contributed by atoms with van der Waals surface area (Å²) >= 11 is 0. The van der Waals surface area contributed by atoms with Crippen molar-refractivity contribution in [2.45, 2.75) is 112 Å². The number of aliphatic hydroxyl groups is 12. The number of epoxide rings is 1. The summed E-state index contributed by atoms with van der Waals surface area (Å²) in [6.07, 6.45) is -9.19. The highest BCUT2D eigenvalue weighted by Crippen LogP contribution is 2.18. The lowest BCUT2D eigenvalue weighted by Gasteiger charge is -2.29.